The summed E-state index contributed by atoms with van der Waals surface area (Å²) >= 11 is 6.16. The molecule has 1 aliphatic rings. The number of benzene rings is 2. The number of methoxy groups -OCH3 is 1. The van der Waals surface area contributed by atoms with Gasteiger partial charge in [0.25, 0.3) is 0 Å². The number of carbonyl (C=O) groups excluding carboxylic acids is 2. The Balaban J connectivity index is 1.48. The Morgan fingerprint density at radius 1 is 1.21 bits per heavy atom. The second-order valence-electron chi connectivity index (χ2n) is 6.61. The summed E-state index contributed by atoms with van der Waals surface area (Å²) in [7, 11) is 3.27. The SMILES string of the molecule is COc1ccc(N2CC(C(=O)Nc3ccc4nn(C)nc4c3)CC2=O)cc1Cl. The minimum absolute atomic E-state index is 0.120. The largest absolute Gasteiger partial charge is 0.495 e. The molecule has 144 valence electrons. The molecule has 4 rings (SSSR count). The lowest BCUT2D eigenvalue weighted by atomic mass is 10.1. The van der Waals surface area contributed by atoms with E-state index in [-0.39, 0.29) is 18.2 Å². The van der Waals surface area contributed by atoms with E-state index in [2.05, 4.69) is 15.5 Å². The topological polar surface area (TPSA) is 89.3 Å². The summed E-state index contributed by atoms with van der Waals surface area (Å²) in [6.45, 7) is 0.292. The van der Waals surface area contributed by atoms with Gasteiger partial charge in [0.15, 0.2) is 0 Å². The molecule has 1 aliphatic heterocycles. The fourth-order valence-corrected chi connectivity index (χ4v) is 3.55. The Kier molecular flexibility index (Phi) is 4.64. The van der Waals surface area contributed by atoms with E-state index in [4.69, 9.17) is 16.3 Å². The Morgan fingerprint density at radius 3 is 2.75 bits per heavy atom. The number of anilines is 2. The summed E-state index contributed by atoms with van der Waals surface area (Å²) in [5.41, 5.74) is 2.71. The summed E-state index contributed by atoms with van der Waals surface area (Å²) in [4.78, 5) is 28.2. The number of hydrogen-bond donors (Lipinski definition) is 1. The Hall–Kier alpha value is -3.13. The van der Waals surface area contributed by atoms with Crippen LogP contribution >= 0.6 is 11.6 Å². The van der Waals surface area contributed by atoms with E-state index in [1.54, 1.807) is 48.3 Å². The Bertz CT molecular complexity index is 1080. The lowest BCUT2D eigenvalue weighted by Gasteiger charge is -2.17. The van der Waals surface area contributed by atoms with Crippen LogP contribution in [-0.2, 0) is 16.6 Å². The van der Waals surface area contributed by atoms with Crippen molar-refractivity contribution in [2.24, 2.45) is 13.0 Å². The second kappa shape index (κ2) is 7.12. The van der Waals surface area contributed by atoms with Crippen LogP contribution in [0.5, 0.6) is 5.75 Å². The van der Waals surface area contributed by atoms with Gasteiger partial charge < -0.3 is 15.0 Å². The minimum atomic E-state index is -0.453. The van der Waals surface area contributed by atoms with Gasteiger partial charge in [0.1, 0.15) is 16.8 Å². The standard InChI is InChI=1S/C19H18ClN5O3/c1-24-22-15-5-3-12(8-16(15)23-24)21-19(27)11-7-18(26)25(10-11)13-4-6-17(28-2)14(20)9-13/h3-6,8-9,11H,7,10H2,1-2H3,(H,21,27). The normalized spacial score (nSPS) is 16.6. The molecule has 0 bridgehead atoms. The van der Waals surface area contributed by atoms with E-state index in [9.17, 15) is 9.59 Å². The van der Waals surface area contributed by atoms with Crippen LogP contribution in [0.3, 0.4) is 0 Å². The highest BCUT2D eigenvalue weighted by Crippen LogP contribution is 2.32. The van der Waals surface area contributed by atoms with E-state index in [0.717, 1.165) is 5.52 Å². The van der Waals surface area contributed by atoms with Crippen LogP contribution in [0.25, 0.3) is 11.0 Å². The fourth-order valence-electron chi connectivity index (χ4n) is 3.30. The van der Waals surface area contributed by atoms with Gasteiger partial charge in [-0.05, 0) is 36.4 Å². The van der Waals surface area contributed by atoms with Gasteiger partial charge in [-0.25, -0.2) is 0 Å². The summed E-state index contributed by atoms with van der Waals surface area (Å²) in [5.74, 6) is -0.249. The van der Waals surface area contributed by atoms with E-state index < -0.39 is 5.92 Å². The summed E-state index contributed by atoms with van der Waals surface area (Å²) in [6, 6.07) is 10.5. The molecule has 28 heavy (non-hydrogen) atoms. The van der Waals surface area contributed by atoms with Crippen LogP contribution in [0.2, 0.25) is 5.02 Å². The number of nitrogens with one attached hydrogen (secondary N) is 1. The molecule has 9 heteroatoms. The van der Waals surface area contributed by atoms with Crippen LogP contribution in [0.15, 0.2) is 36.4 Å². The third-order valence-electron chi connectivity index (χ3n) is 4.69. The molecule has 0 radical (unpaired) electrons. The molecule has 1 N–H and O–H groups in total. The van der Waals surface area contributed by atoms with Gasteiger partial charge in [-0.3, -0.25) is 9.59 Å². The second-order valence-corrected chi connectivity index (χ2v) is 7.01. The van der Waals surface area contributed by atoms with Crippen LogP contribution in [0.1, 0.15) is 6.42 Å². The maximum Gasteiger partial charge on any atom is 0.229 e. The monoisotopic (exact) mass is 399 g/mol. The van der Waals surface area contributed by atoms with Crippen molar-refractivity contribution < 1.29 is 14.3 Å². The number of rotatable bonds is 4. The molecule has 0 aliphatic carbocycles. The van der Waals surface area contributed by atoms with Crippen molar-refractivity contribution in [1.82, 2.24) is 15.0 Å². The van der Waals surface area contributed by atoms with Gasteiger partial charge >= 0.3 is 0 Å². The number of amides is 2. The number of nitrogens with zero attached hydrogens (tertiary/aromatic N) is 4. The molecule has 2 heterocycles. The van der Waals surface area contributed by atoms with Crippen LogP contribution < -0.4 is 15.0 Å². The zero-order valence-electron chi connectivity index (χ0n) is 15.3. The van der Waals surface area contributed by atoms with Crippen LogP contribution in [0, 0.1) is 5.92 Å². The maximum absolute atomic E-state index is 12.7. The first-order valence-corrected chi connectivity index (χ1v) is 9.08. The number of fused-ring (bicyclic) bond motifs is 1. The molecule has 1 unspecified atom stereocenters. The van der Waals surface area contributed by atoms with Gasteiger partial charge in [0, 0.05) is 31.4 Å². The molecule has 2 amide bonds. The molecule has 0 spiro atoms. The predicted molar refractivity (Wildman–Crippen MR) is 106 cm³/mol. The number of halogens is 1. The lowest BCUT2D eigenvalue weighted by molar-refractivity contribution is -0.122. The first-order chi connectivity index (χ1) is 13.4. The van der Waals surface area contributed by atoms with Gasteiger partial charge in [-0.15, -0.1) is 0 Å². The quantitative estimate of drug-likeness (QED) is 0.728. The molecule has 1 aromatic heterocycles. The van der Waals surface area contributed by atoms with Gasteiger partial charge in [-0.2, -0.15) is 15.0 Å². The molecule has 1 fully saturated rings. The van der Waals surface area contributed by atoms with Gasteiger partial charge in [0.05, 0.1) is 18.1 Å². The van der Waals surface area contributed by atoms with Crippen molar-refractivity contribution in [2.75, 3.05) is 23.9 Å². The first kappa shape index (κ1) is 18.2. The zero-order valence-corrected chi connectivity index (χ0v) is 16.1. The molecule has 0 saturated carbocycles. The smallest absolute Gasteiger partial charge is 0.229 e. The van der Waals surface area contributed by atoms with Crippen molar-refractivity contribution in [2.45, 2.75) is 6.42 Å². The van der Waals surface area contributed by atoms with Gasteiger partial charge in [0.2, 0.25) is 11.8 Å². The van der Waals surface area contributed by atoms with E-state index in [1.165, 1.54) is 11.9 Å². The number of ether oxygens (including phenoxy) is 1. The predicted octanol–water partition coefficient (Wildman–Crippen LogP) is 2.62. The maximum atomic E-state index is 12.7. The highest BCUT2D eigenvalue weighted by Gasteiger charge is 2.35. The number of carbonyl (C=O) groups is 2. The molecule has 1 atom stereocenters. The molecular formula is C19H18ClN5O3. The third-order valence-corrected chi connectivity index (χ3v) is 4.99. The van der Waals surface area contributed by atoms with Crippen LogP contribution in [-0.4, -0.2) is 40.5 Å². The Labute approximate surface area is 166 Å². The average molecular weight is 400 g/mol. The van der Waals surface area contributed by atoms with E-state index in [0.29, 0.717) is 34.2 Å². The van der Waals surface area contributed by atoms with E-state index >= 15 is 0 Å². The number of aryl methyl sites for hydroxylation is 1. The molecule has 1 saturated heterocycles. The summed E-state index contributed by atoms with van der Waals surface area (Å²) in [5, 5.41) is 11.7. The molecule has 2 aromatic carbocycles. The van der Waals surface area contributed by atoms with E-state index in [1.807, 2.05) is 0 Å². The number of hydrogen-bond acceptors (Lipinski definition) is 5. The molecule has 8 nitrogen and oxygen atoms in total. The highest BCUT2D eigenvalue weighted by atomic mass is 35.5. The van der Waals surface area contributed by atoms with Crippen molar-refractivity contribution in [3.05, 3.63) is 41.4 Å². The summed E-state index contributed by atoms with van der Waals surface area (Å²) < 4.78 is 5.14. The van der Waals surface area contributed by atoms with Crippen LogP contribution in [0.4, 0.5) is 11.4 Å². The molecule has 3 aromatic rings. The third kappa shape index (κ3) is 3.38. The van der Waals surface area contributed by atoms with Crippen molar-refractivity contribution >= 4 is 45.8 Å². The fraction of sp³-hybridized carbons (Fsp3) is 0.263. The van der Waals surface area contributed by atoms with Crippen molar-refractivity contribution in [3.63, 3.8) is 0 Å². The molecular weight excluding hydrogens is 382 g/mol. The zero-order chi connectivity index (χ0) is 19.8. The van der Waals surface area contributed by atoms with Crippen molar-refractivity contribution in [3.8, 4) is 5.75 Å². The number of aromatic nitrogens is 3. The minimum Gasteiger partial charge on any atom is -0.495 e. The lowest BCUT2D eigenvalue weighted by Crippen LogP contribution is -2.28. The Morgan fingerprint density at radius 2 is 2.00 bits per heavy atom. The van der Waals surface area contributed by atoms with Gasteiger partial charge in [-0.1, -0.05) is 11.6 Å². The van der Waals surface area contributed by atoms with Crippen molar-refractivity contribution in [1.29, 1.82) is 0 Å². The highest BCUT2D eigenvalue weighted by molar-refractivity contribution is 6.32. The summed E-state index contributed by atoms with van der Waals surface area (Å²) in [6.07, 6.45) is 0.142. The first-order valence-electron chi connectivity index (χ1n) is 8.70. The average Bonchev–Trinajstić information content (AvgIpc) is 3.23.